The van der Waals surface area contributed by atoms with Gasteiger partial charge in [0.05, 0.1) is 24.0 Å². The number of amides is 1. The third kappa shape index (κ3) is 5.94. The summed E-state index contributed by atoms with van der Waals surface area (Å²) in [5.41, 5.74) is 2.87. The Morgan fingerprint density at radius 3 is 2.13 bits per heavy atom. The lowest BCUT2D eigenvalue weighted by molar-refractivity contribution is -0.132. The van der Waals surface area contributed by atoms with Gasteiger partial charge in [0.15, 0.2) is 0 Å². The van der Waals surface area contributed by atoms with Crippen molar-refractivity contribution < 1.29 is 14.6 Å². The highest BCUT2D eigenvalue weighted by Crippen LogP contribution is 2.25. The van der Waals surface area contributed by atoms with Gasteiger partial charge in [-0.1, -0.05) is 88.7 Å². The predicted molar refractivity (Wildman–Crippen MR) is 123 cm³/mol. The smallest absolute Gasteiger partial charge is 0.233 e. The van der Waals surface area contributed by atoms with E-state index in [1.807, 2.05) is 91.9 Å². The van der Waals surface area contributed by atoms with Crippen molar-refractivity contribution in [2.24, 2.45) is 0 Å². The SMILES string of the molecule is C[C@H](c1ccccc1)N(CC(O)c1ccc(OCc2ccccc2)cc1)C(=O)CBr. The van der Waals surface area contributed by atoms with Crippen LogP contribution in [0.4, 0.5) is 0 Å². The van der Waals surface area contributed by atoms with Crippen LogP contribution in [0.1, 0.15) is 35.8 Å². The second-order valence-electron chi connectivity index (χ2n) is 7.13. The summed E-state index contributed by atoms with van der Waals surface area (Å²) < 4.78 is 5.81. The van der Waals surface area contributed by atoms with Gasteiger partial charge in [0.1, 0.15) is 12.4 Å². The molecular formula is C25H26BrNO3. The fraction of sp³-hybridized carbons (Fsp3) is 0.240. The van der Waals surface area contributed by atoms with E-state index in [1.54, 1.807) is 4.90 Å². The van der Waals surface area contributed by atoms with E-state index in [4.69, 9.17) is 4.74 Å². The molecule has 0 radical (unpaired) electrons. The third-order valence-corrected chi connectivity index (χ3v) is 5.55. The second-order valence-corrected chi connectivity index (χ2v) is 7.69. The fourth-order valence-electron chi connectivity index (χ4n) is 3.28. The second kappa shape index (κ2) is 11.0. The molecule has 0 aromatic heterocycles. The first kappa shape index (κ1) is 22.1. The van der Waals surface area contributed by atoms with E-state index in [0.717, 1.165) is 22.4 Å². The zero-order chi connectivity index (χ0) is 21.3. The van der Waals surface area contributed by atoms with Crippen LogP contribution in [-0.4, -0.2) is 27.8 Å². The molecule has 2 atom stereocenters. The summed E-state index contributed by atoms with van der Waals surface area (Å²) in [4.78, 5) is 14.2. The molecule has 5 heteroatoms. The summed E-state index contributed by atoms with van der Waals surface area (Å²) >= 11 is 3.26. The number of nitrogens with zero attached hydrogens (tertiary/aromatic N) is 1. The molecule has 3 aromatic carbocycles. The lowest BCUT2D eigenvalue weighted by Crippen LogP contribution is -2.37. The quantitative estimate of drug-likeness (QED) is 0.435. The number of aliphatic hydroxyl groups is 1. The van der Waals surface area contributed by atoms with Gasteiger partial charge in [-0.2, -0.15) is 0 Å². The number of hydrogen-bond donors (Lipinski definition) is 1. The van der Waals surface area contributed by atoms with E-state index >= 15 is 0 Å². The number of carbonyl (C=O) groups is 1. The molecule has 0 heterocycles. The molecule has 3 aromatic rings. The Balaban J connectivity index is 1.65. The molecule has 0 saturated carbocycles. The van der Waals surface area contributed by atoms with E-state index < -0.39 is 6.10 Å². The zero-order valence-corrected chi connectivity index (χ0v) is 18.5. The monoisotopic (exact) mass is 467 g/mol. The van der Waals surface area contributed by atoms with Crippen molar-refractivity contribution in [2.45, 2.75) is 25.7 Å². The Morgan fingerprint density at radius 2 is 1.53 bits per heavy atom. The van der Waals surface area contributed by atoms with Crippen LogP contribution in [0.2, 0.25) is 0 Å². The molecule has 0 saturated heterocycles. The van der Waals surface area contributed by atoms with Crippen molar-refractivity contribution in [2.75, 3.05) is 11.9 Å². The minimum atomic E-state index is -0.790. The van der Waals surface area contributed by atoms with Crippen molar-refractivity contribution in [1.82, 2.24) is 4.90 Å². The van der Waals surface area contributed by atoms with Crippen LogP contribution in [-0.2, 0) is 11.4 Å². The molecule has 1 N–H and O–H groups in total. The lowest BCUT2D eigenvalue weighted by Gasteiger charge is -2.31. The molecule has 0 aliphatic rings. The van der Waals surface area contributed by atoms with Gasteiger partial charge >= 0.3 is 0 Å². The molecule has 0 spiro atoms. The van der Waals surface area contributed by atoms with Gasteiger partial charge in [-0.25, -0.2) is 0 Å². The maximum atomic E-state index is 12.5. The third-order valence-electron chi connectivity index (χ3n) is 5.07. The van der Waals surface area contributed by atoms with Crippen LogP contribution in [0.3, 0.4) is 0 Å². The largest absolute Gasteiger partial charge is 0.489 e. The number of alkyl halides is 1. The van der Waals surface area contributed by atoms with E-state index in [9.17, 15) is 9.90 Å². The number of rotatable bonds is 9. The molecule has 0 fully saturated rings. The van der Waals surface area contributed by atoms with Gasteiger partial charge in [-0.15, -0.1) is 0 Å². The molecule has 0 bridgehead atoms. The van der Waals surface area contributed by atoms with Crippen molar-refractivity contribution in [3.63, 3.8) is 0 Å². The van der Waals surface area contributed by atoms with Gasteiger partial charge in [0.2, 0.25) is 5.91 Å². The van der Waals surface area contributed by atoms with Crippen LogP contribution in [0, 0.1) is 0 Å². The first-order chi connectivity index (χ1) is 14.6. The molecule has 30 heavy (non-hydrogen) atoms. The summed E-state index contributed by atoms with van der Waals surface area (Å²) in [6.07, 6.45) is -0.790. The molecule has 4 nitrogen and oxygen atoms in total. The van der Waals surface area contributed by atoms with E-state index in [-0.39, 0.29) is 23.8 Å². The number of benzene rings is 3. The Bertz CT molecular complexity index is 916. The fourth-order valence-corrected chi connectivity index (χ4v) is 3.61. The Kier molecular flexibility index (Phi) is 8.05. The van der Waals surface area contributed by atoms with Crippen LogP contribution in [0.25, 0.3) is 0 Å². The minimum absolute atomic E-state index is 0.0618. The summed E-state index contributed by atoms with van der Waals surface area (Å²) in [6.45, 7) is 2.68. The van der Waals surface area contributed by atoms with Crippen molar-refractivity contribution in [3.8, 4) is 5.75 Å². The topological polar surface area (TPSA) is 49.8 Å². The first-order valence-corrected chi connectivity index (χ1v) is 11.1. The molecule has 1 amide bonds. The van der Waals surface area contributed by atoms with E-state index in [2.05, 4.69) is 15.9 Å². The molecule has 1 unspecified atom stereocenters. The van der Waals surface area contributed by atoms with Crippen molar-refractivity contribution >= 4 is 21.8 Å². The summed E-state index contributed by atoms with van der Waals surface area (Å²) in [5, 5.41) is 11.0. The van der Waals surface area contributed by atoms with Crippen LogP contribution in [0.15, 0.2) is 84.9 Å². The van der Waals surface area contributed by atoms with Crippen LogP contribution < -0.4 is 4.74 Å². The standard InChI is InChI=1S/C25H26BrNO3/c1-19(21-10-6-3-7-11-21)27(25(29)16-26)17-24(28)22-12-14-23(15-13-22)30-18-20-8-4-2-5-9-20/h2-15,19,24,28H,16-18H2,1H3/t19-,24?/m1/s1. The highest BCUT2D eigenvalue weighted by molar-refractivity contribution is 9.09. The lowest BCUT2D eigenvalue weighted by atomic mass is 10.0. The van der Waals surface area contributed by atoms with Gasteiger partial charge < -0.3 is 14.7 Å². The average molecular weight is 468 g/mol. The number of hydrogen-bond acceptors (Lipinski definition) is 3. The number of carbonyl (C=O) groups excluding carboxylic acids is 1. The summed E-state index contributed by atoms with van der Waals surface area (Å²) in [7, 11) is 0. The highest BCUT2D eigenvalue weighted by atomic mass is 79.9. The molecule has 0 aliphatic heterocycles. The maximum absolute atomic E-state index is 12.5. The Morgan fingerprint density at radius 1 is 0.933 bits per heavy atom. The van der Waals surface area contributed by atoms with E-state index in [0.29, 0.717) is 6.61 Å². The predicted octanol–water partition coefficient (Wildman–Crippen LogP) is 5.28. The van der Waals surface area contributed by atoms with Crippen molar-refractivity contribution in [1.29, 1.82) is 0 Å². The van der Waals surface area contributed by atoms with Gasteiger partial charge in [0.25, 0.3) is 0 Å². The number of aliphatic hydroxyl groups excluding tert-OH is 1. The normalized spacial score (nSPS) is 12.8. The zero-order valence-electron chi connectivity index (χ0n) is 16.9. The maximum Gasteiger partial charge on any atom is 0.233 e. The summed E-state index contributed by atoms with van der Waals surface area (Å²) in [6, 6.07) is 27.0. The number of halogens is 1. The molecule has 0 aliphatic carbocycles. The Hall–Kier alpha value is -2.63. The van der Waals surface area contributed by atoms with Crippen LogP contribution in [0.5, 0.6) is 5.75 Å². The van der Waals surface area contributed by atoms with Gasteiger partial charge in [-0.05, 0) is 35.7 Å². The molecular weight excluding hydrogens is 442 g/mol. The van der Waals surface area contributed by atoms with Gasteiger partial charge in [0, 0.05) is 0 Å². The average Bonchev–Trinajstić information content (AvgIpc) is 2.81. The highest BCUT2D eigenvalue weighted by Gasteiger charge is 2.24. The minimum Gasteiger partial charge on any atom is -0.489 e. The first-order valence-electron chi connectivity index (χ1n) is 9.93. The van der Waals surface area contributed by atoms with E-state index in [1.165, 1.54) is 0 Å². The Labute approximate surface area is 186 Å². The van der Waals surface area contributed by atoms with Crippen LogP contribution >= 0.6 is 15.9 Å². The summed E-state index contributed by atoms with van der Waals surface area (Å²) in [5.74, 6) is 0.675. The molecule has 3 rings (SSSR count). The van der Waals surface area contributed by atoms with Gasteiger partial charge in [-0.3, -0.25) is 4.79 Å². The van der Waals surface area contributed by atoms with Crippen molar-refractivity contribution in [3.05, 3.63) is 102 Å². The number of ether oxygens (including phenoxy) is 1. The molecule has 156 valence electrons.